The number of carbonyl (C=O) groups excluding carboxylic acids is 1. The van der Waals surface area contributed by atoms with Gasteiger partial charge in [0.05, 0.1) is 11.4 Å². The molecule has 0 saturated heterocycles. The number of rotatable bonds is 4. The first-order valence-electron chi connectivity index (χ1n) is 7.20. The minimum atomic E-state index is -0.0621. The van der Waals surface area contributed by atoms with Gasteiger partial charge in [0.15, 0.2) is 11.5 Å². The van der Waals surface area contributed by atoms with Crippen LogP contribution in [-0.4, -0.2) is 24.9 Å². The largest absolute Gasteiger partial charge is 0.486 e. The second-order valence-electron chi connectivity index (χ2n) is 5.13. The summed E-state index contributed by atoms with van der Waals surface area (Å²) in [5.41, 5.74) is 1.89. The molecule has 0 fully saturated rings. The lowest BCUT2D eigenvalue weighted by Crippen LogP contribution is -2.17. The van der Waals surface area contributed by atoms with Gasteiger partial charge in [0, 0.05) is 21.5 Å². The van der Waals surface area contributed by atoms with E-state index in [1.165, 1.54) is 17.3 Å². The van der Waals surface area contributed by atoms with Crippen molar-refractivity contribution < 1.29 is 14.3 Å². The molecule has 1 aliphatic heterocycles. The van der Waals surface area contributed by atoms with Crippen LogP contribution in [0, 0.1) is 6.92 Å². The normalized spacial score (nSPS) is 12.8. The van der Waals surface area contributed by atoms with Crippen LogP contribution < -0.4 is 14.8 Å². The molecule has 0 aliphatic carbocycles. The summed E-state index contributed by atoms with van der Waals surface area (Å²) < 4.78 is 11.8. The molecule has 0 saturated carbocycles. The summed E-state index contributed by atoms with van der Waals surface area (Å²) in [6.07, 6.45) is 0. The van der Waals surface area contributed by atoms with E-state index >= 15 is 0 Å². The Morgan fingerprint density at radius 2 is 1.83 bits per heavy atom. The predicted molar refractivity (Wildman–Crippen MR) is 95.7 cm³/mol. The number of carbonyl (C=O) groups is 1. The molecule has 1 N–H and O–H groups in total. The maximum atomic E-state index is 12.1. The summed E-state index contributed by atoms with van der Waals surface area (Å²) in [6.45, 7) is 3.10. The van der Waals surface area contributed by atoms with Crippen LogP contribution in [0.1, 0.15) is 5.56 Å². The molecular formula is C17H16BrNO3S. The zero-order chi connectivity index (χ0) is 16.2. The average Bonchev–Trinajstić information content (AvgIpc) is 2.55. The molecule has 4 nitrogen and oxygen atoms in total. The third kappa shape index (κ3) is 4.20. The molecule has 0 unspecified atom stereocenters. The average molecular weight is 394 g/mol. The third-order valence-electron chi connectivity index (χ3n) is 3.30. The van der Waals surface area contributed by atoms with Gasteiger partial charge in [0.2, 0.25) is 5.91 Å². The van der Waals surface area contributed by atoms with Gasteiger partial charge in [-0.2, -0.15) is 0 Å². The summed E-state index contributed by atoms with van der Waals surface area (Å²) in [5.74, 6) is 1.63. The first-order valence-corrected chi connectivity index (χ1v) is 8.98. The van der Waals surface area contributed by atoms with Gasteiger partial charge in [-0.3, -0.25) is 4.79 Å². The molecule has 1 aliphatic rings. The van der Waals surface area contributed by atoms with Gasteiger partial charge >= 0.3 is 0 Å². The van der Waals surface area contributed by atoms with E-state index in [-0.39, 0.29) is 5.91 Å². The van der Waals surface area contributed by atoms with Crippen molar-refractivity contribution in [1.29, 1.82) is 0 Å². The second-order valence-corrected chi connectivity index (χ2v) is 7.03. The van der Waals surface area contributed by atoms with Crippen molar-refractivity contribution in [3.63, 3.8) is 0 Å². The highest BCUT2D eigenvalue weighted by Crippen LogP contribution is 2.38. The zero-order valence-electron chi connectivity index (χ0n) is 12.6. The van der Waals surface area contributed by atoms with Gasteiger partial charge in [0.1, 0.15) is 13.2 Å². The topological polar surface area (TPSA) is 47.6 Å². The lowest BCUT2D eigenvalue weighted by Gasteiger charge is -2.20. The highest BCUT2D eigenvalue weighted by molar-refractivity contribution is 9.10. The summed E-state index contributed by atoms with van der Waals surface area (Å²) in [6, 6.07) is 11.7. The number of anilines is 1. The quantitative estimate of drug-likeness (QED) is 0.788. The van der Waals surface area contributed by atoms with Crippen LogP contribution in [0.3, 0.4) is 0 Å². The minimum Gasteiger partial charge on any atom is -0.486 e. The highest BCUT2D eigenvalue weighted by atomic mass is 79.9. The molecule has 6 heteroatoms. The molecule has 120 valence electrons. The van der Waals surface area contributed by atoms with Crippen molar-refractivity contribution in [2.24, 2.45) is 0 Å². The monoisotopic (exact) mass is 393 g/mol. The van der Waals surface area contributed by atoms with Crippen LogP contribution >= 0.6 is 27.7 Å². The van der Waals surface area contributed by atoms with Gasteiger partial charge < -0.3 is 14.8 Å². The first-order chi connectivity index (χ1) is 11.1. The van der Waals surface area contributed by atoms with Crippen molar-refractivity contribution >= 4 is 39.3 Å². The van der Waals surface area contributed by atoms with E-state index in [9.17, 15) is 4.79 Å². The molecule has 3 rings (SSSR count). The van der Waals surface area contributed by atoms with Crippen molar-refractivity contribution in [2.75, 3.05) is 24.3 Å². The van der Waals surface area contributed by atoms with Gasteiger partial charge in [0.25, 0.3) is 0 Å². The number of fused-ring (bicyclic) bond motifs is 1. The van der Waals surface area contributed by atoms with Crippen LogP contribution in [0.5, 0.6) is 11.5 Å². The highest BCUT2D eigenvalue weighted by Gasteiger charge is 2.16. The Labute approximate surface area is 147 Å². The van der Waals surface area contributed by atoms with E-state index in [0.29, 0.717) is 36.2 Å². The Balaban J connectivity index is 1.62. The number of hydrogen-bond donors (Lipinski definition) is 1. The van der Waals surface area contributed by atoms with Gasteiger partial charge in [-0.05, 0) is 35.0 Å². The van der Waals surface area contributed by atoms with E-state index in [1.807, 2.05) is 37.3 Å². The minimum absolute atomic E-state index is 0.0621. The molecule has 0 spiro atoms. The number of ether oxygens (including phenoxy) is 2. The number of hydrogen-bond acceptors (Lipinski definition) is 4. The molecule has 0 atom stereocenters. The fourth-order valence-corrected chi connectivity index (χ4v) is 3.25. The molecule has 2 aromatic carbocycles. The Morgan fingerprint density at radius 1 is 1.17 bits per heavy atom. The number of benzene rings is 2. The maximum absolute atomic E-state index is 12.1. The molecule has 2 aromatic rings. The van der Waals surface area contributed by atoms with Crippen molar-refractivity contribution in [3.05, 3.63) is 46.4 Å². The van der Waals surface area contributed by atoms with Crippen molar-refractivity contribution in [1.82, 2.24) is 0 Å². The van der Waals surface area contributed by atoms with Crippen LogP contribution in [-0.2, 0) is 4.79 Å². The van der Waals surface area contributed by atoms with E-state index in [1.54, 1.807) is 6.07 Å². The smallest absolute Gasteiger partial charge is 0.234 e. The molecule has 23 heavy (non-hydrogen) atoms. The van der Waals surface area contributed by atoms with E-state index in [4.69, 9.17) is 9.47 Å². The number of thioether (sulfide) groups is 1. The number of halogens is 1. The number of nitrogens with one attached hydrogen (secondary N) is 1. The maximum Gasteiger partial charge on any atom is 0.234 e. The van der Waals surface area contributed by atoms with E-state index < -0.39 is 0 Å². The van der Waals surface area contributed by atoms with Gasteiger partial charge in [-0.25, -0.2) is 0 Å². The van der Waals surface area contributed by atoms with Crippen molar-refractivity contribution in [3.8, 4) is 11.5 Å². The second kappa shape index (κ2) is 7.27. The fourth-order valence-electron chi connectivity index (χ4n) is 2.13. The SMILES string of the molecule is Cc1ccc(SCC(=O)Nc2cc3c(cc2Br)OCCO3)cc1. The Bertz CT molecular complexity index is 719. The first kappa shape index (κ1) is 16.2. The number of amides is 1. The predicted octanol–water partition coefficient (Wildman–Crippen LogP) is 4.26. The molecule has 0 radical (unpaired) electrons. The summed E-state index contributed by atoms with van der Waals surface area (Å²) >= 11 is 4.96. The lowest BCUT2D eigenvalue weighted by molar-refractivity contribution is -0.113. The molecule has 0 bridgehead atoms. The Morgan fingerprint density at radius 3 is 2.52 bits per heavy atom. The zero-order valence-corrected chi connectivity index (χ0v) is 15.0. The molecular weight excluding hydrogens is 378 g/mol. The van der Waals surface area contributed by atoms with Crippen LogP contribution in [0.4, 0.5) is 5.69 Å². The van der Waals surface area contributed by atoms with Gasteiger partial charge in [-0.1, -0.05) is 17.7 Å². The molecule has 1 heterocycles. The van der Waals surface area contributed by atoms with E-state index in [0.717, 1.165) is 9.37 Å². The van der Waals surface area contributed by atoms with Gasteiger partial charge in [-0.15, -0.1) is 11.8 Å². The summed E-state index contributed by atoms with van der Waals surface area (Å²) in [4.78, 5) is 13.2. The summed E-state index contributed by atoms with van der Waals surface area (Å²) in [5, 5.41) is 2.90. The Kier molecular flexibility index (Phi) is 5.13. The molecule has 1 amide bonds. The molecule has 0 aromatic heterocycles. The third-order valence-corrected chi connectivity index (χ3v) is 4.96. The van der Waals surface area contributed by atoms with Crippen LogP contribution in [0.2, 0.25) is 0 Å². The fraction of sp³-hybridized carbons (Fsp3) is 0.235. The van der Waals surface area contributed by atoms with Crippen molar-refractivity contribution in [2.45, 2.75) is 11.8 Å². The van der Waals surface area contributed by atoms with E-state index in [2.05, 4.69) is 21.2 Å². The van der Waals surface area contributed by atoms with Crippen LogP contribution in [0.15, 0.2) is 45.8 Å². The summed E-state index contributed by atoms with van der Waals surface area (Å²) in [7, 11) is 0. The number of aryl methyl sites for hydroxylation is 1. The Hall–Kier alpha value is -1.66. The van der Waals surface area contributed by atoms with Crippen LogP contribution in [0.25, 0.3) is 0 Å². The standard InChI is InChI=1S/C17H16BrNO3S/c1-11-2-4-12(5-3-11)23-10-17(20)19-14-9-16-15(8-13(14)18)21-6-7-22-16/h2-5,8-9H,6-7,10H2,1H3,(H,19,20). The lowest BCUT2D eigenvalue weighted by atomic mass is 10.2.